The molecule has 1 amide bonds. The second-order valence-corrected chi connectivity index (χ2v) is 5.46. The predicted molar refractivity (Wildman–Crippen MR) is 65.7 cm³/mol. The minimum Gasteiger partial charge on any atom is -0.479 e. The minimum absolute atomic E-state index is 0.270. The number of carboxylic acids is 1. The topological polar surface area (TPSA) is 80.0 Å². The van der Waals surface area contributed by atoms with Crippen LogP contribution in [-0.2, 0) is 16.0 Å². The average molecular weight is 267 g/mol. The first kappa shape index (κ1) is 13.5. The van der Waals surface area contributed by atoms with Crippen LogP contribution in [0.15, 0.2) is 16.7 Å². The molecule has 0 aromatic carbocycles. The summed E-state index contributed by atoms with van der Waals surface area (Å²) in [7, 11) is 0. The van der Waals surface area contributed by atoms with Gasteiger partial charge in [0, 0.05) is 18.5 Å². The molecule has 0 aliphatic carbocycles. The Bertz CT molecular complexity index is 499. The van der Waals surface area contributed by atoms with E-state index >= 15 is 0 Å². The van der Waals surface area contributed by atoms with E-state index in [1.165, 1.54) is 11.2 Å². The minimum atomic E-state index is -1.09. The number of carbonyl (C=O) groups is 2. The van der Waals surface area contributed by atoms with Gasteiger partial charge in [-0.15, -0.1) is 0 Å². The molecule has 1 aliphatic rings. The number of carboxylic acid groups (broad SMARTS) is 1. The summed E-state index contributed by atoms with van der Waals surface area (Å²) in [6.45, 7) is 5.50. The lowest BCUT2D eigenvalue weighted by Gasteiger charge is -2.33. The number of hydrogen-bond acceptors (Lipinski definition) is 4. The SMILES string of the molecule is CC(C)(C)OC(=O)N1CCc2occc2C1C(=O)O. The molecule has 104 valence electrons. The number of nitrogens with zero attached hydrogens (tertiary/aromatic N) is 1. The molecule has 1 aliphatic heterocycles. The molecule has 0 bridgehead atoms. The van der Waals surface area contributed by atoms with Crippen molar-refractivity contribution >= 4 is 12.1 Å². The van der Waals surface area contributed by atoms with Gasteiger partial charge in [-0.1, -0.05) is 0 Å². The lowest BCUT2D eigenvalue weighted by Crippen LogP contribution is -2.45. The third-order valence-electron chi connectivity index (χ3n) is 2.83. The fourth-order valence-electron chi connectivity index (χ4n) is 2.10. The lowest BCUT2D eigenvalue weighted by atomic mass is 10.00. The van der Waals surface area contributed by atoms with Crippen molar-refractivity contribution in [3.8, 4) is 0 Å². The molecule has 6 nitrogen and oxygen atoms in total. The van der Waals surface area contributed by atoms with Gasteiger partial charge < -0.3 is 14.3 Å². The first-order valence-electron chi connectivity index (χ1n) is 6.08. The smallest absolute Gasteiger partial charge is 0.411 e. The highest BCUT2D eigenvalue weighted by atomic mass is 16.6. The summed E-state index contributed by atoms with van der Waals surface area (Å²) in [4.78, 5) is 24.7. The molecule has 0 saturated heterocycles. The molecule has 2 heterocycles. The maximum atomic E-state index is 12.1. The molecule has 0 radical (unpaired) electrons. The summed E-state index contributed by atoms with van der Waals surface area (Å²) >= 11 is 0. The van der Waals surface area contributed by atoms with E-state index < -0.39 is 23.7 Å². The van der Waals surface area contributed by atoms with E-state index in [0.717, 1.165) is 0 Å². The maximum Gasteiger partial charge on any atom is 0.411 e. The monoisotopic (exact) mass is 267 g/mol. The molecular weight excluding hydrogens is 250 g/mol. The maximum absolute atomic E-state index is 12.1. The summed E-state index contributed by atoms with van der Waals surface area (Å²) in [5.74, 6) is -0.472. The summed E-state index contributed by atoms with van der Waals surface area (Å²) < 4.78 is 10.5. The molecule has 0 fully saturated rings. The number of rotatable bonds is 1. The van der Waals surface area contributed by atoms with Crippen molar-refractivity contribution < 1.29 is 23.8 Å². The van der Waals surface area contributed by atoms with E-state index in [1.54, 1.807) is 26.8 Å². The van der Waals surface area contributed by atoms with Crippen LogP contribution in [0.5, 0.6) is 0 Å². The normalized spacial score (nSPS) is 18.9. The van der Waals surface area contributed by atoms with Gasteiger partial charge in [-0.05, 0) is 26.8 Å². The number of fused-ring (bicyclic) bond motifs is 1. The van der Waals surface area contributed by atoms with Crippen LogP contribution in [0.2, 0.25) is 0 Å². The first-order valence-corrected chi connectivity index (χ1v) is 6.08. The molecule has 6 heteroatoms. The Hall–Kier alpha value is -1.98. The Morgan fingerprint density at radius 1 is 1.47 bits per heavy atom. The van der Waals surface area contributed by atoms with Crippen molar-refractivity contribution in [2.24, 2.45) is 0 Å². The standard InChI is InChI=1S/C13H17NO5/c1-13(2,3)19-12(17)14-6-4-9-8(5-7-18-9)10(14)11(15)16/h5,7,10H,4,6H2,1-3H3,(H,15,16). The van der Waals surface area contributed by atoms with Crippen molar-refractivity contribution in [2.75, 3.05) is 6.54 Å². The van der Waals surface area contributed by atoms with Crippen LogP contribution in [0, 0.1) is 0 Å². The Kier molecular flexibility index (Phi) is 3.26. The molecule has 0 spiro atoms. The zero-order valence-electron chi connectivity index (χ0n) is 11.2. The van der Waals surface area contributed by atoms with Gasteiger partial charge >= 0.3 is 12.1 Å². The number of furan rings is 1. The fraction of sp³-hybridized carbons (Fsp3) is 0.538. The predicted octanol–water partition coefficient (Wildman–Crippen LogP) is 2.20. The zero-order valence-corrected chi connectivity index (χ0v) is 11.2. The second-order valence-electron chi connectivity index (χ2n) is 5.46. The van der Waals surface area contributed by atoms with E-state index in [4.69, 9.17) is 9.15 Å². The Morgan fingerprint density at radius 2 is 2.16 bits per heavy atom. The molecule has 1 aromatic rings. The molecule has 19 heavy (non-hydrogen) atoms. The molecule has 1 aromatic heterocycles. The summed E-state index contributed by atoms with van der Waals surface area (Å²) in [6, 6.07) is 0.544. The fourth-order valence-corrected chi connectivity index (χ4v) is 2.10. The quantitative estimate of drug-likeness (QED) is 0.843. The van der Waals surface area contributed by atoms with Gasteiger partial charge in [0.15, 0.2) is 6.04 Å². The lowest BCUT2D eigenvalue weighted by molar-refractivity contribution is -0.144. The van der Waals surface area contributed by atoms with Crippen LogP contribution in [-0.4, -0.2) is 34.2 Å². The Morgan fingerprint density at radius 3 is 2.74 bits per heavy atom. The number of carbonyl (C=O) groups excluding carboxylic acids is 1. The first-order chi connectivity index (χ1) is 8.79. The third-order valence-corrected chi connectivity index (χ3v) is 2.83. The number of amides is 1. The van der Waals surface area contributed by atoms with Gasteiger partial charge in [0.1, 0.15) is 11.4 Å². The van der Waals surface area contributed by atoms with Crippen molar-refractivity contribution in [3.05, 3.63) is 23.7 Å². The van der Waals surface area contributed by atoms with Crippen molar-refractivity contribution in [1.29, 1.82) is 0 Å². The molecule has 1 N–H and O–H groups in total. The Balaban J connectivity index is 2.27. The summed E-state index contributed by atoms with van der Waals surface area (Å²) in [6.07, 6.45) is 1.32. The van der Waals surface area contributed by atoms with Crippen LogP contribution in [0.3, 0.4) is 0 Å². The molecule has 1 atom stereocenters. The van der Waals surface area contributed by atoms with Gasteiger partial charge in [0.25, 0.3) is 0 Å². The van der Waals surface area contributed by atoms with Crippen molar-refractivity contribution in [1.82, 2.24) is 4.90 Å². The van der Waals surface area contributed by atoms with Gasteiger partial charge in [0.2, 0.25) is 0 Å². The number of ether oxygens (including phenoxy) is 1. The number of aliphatic carboxylic acids is 1. The Labute approximate surface area is 110 Å². The average Bonchev–Trinajstić information content (AvgIpc) is 2.72. The summed E-state index contributed by atoms with van der Waals surface area (Å²) in [5.41, 5.74) is -0.138. The van der Waals surface area contributed by atoms with Crippen LogP contribution in [0.1, 0.15) is 38.1 Å². The summed E-state index contributed by atoms with van der Waals surface area (Å²) in [5, 5.41) is 9.33. The highest BCUT2D eigenvalue weighted by Crippen LogP contribution is 2.31. The van der Waals surface area contributed by atoms with E-state index in [1.807, 2.05) is 0 Å². The second kappa shape index (κ2) is 4.60. The highest BCUT2D eigenvalue weighted by molar-refractivity contribution is 5.82. The third kappa shape index (κ3) is 2.72. The molecule has 2 rings (SSSR count). The van der Waals surface area contributed by atoms with Gasteiger partial charge in [-0.2, -0.15) is 0 Å². The van der Waals surface area contributed by atoms with E-state index in [0.29, 0.717) is 17.7 Å². The van der Waals surface area contributed by atoms with Crippen molar-refractivity contribution in [3.63, 3.8) is 0 Å². The molecule has 0 saturated carbocycles. The highest BCUT2D eigenvalue weighted by Gasteiger charge is 2.39. The van der Waals surface area contributed by atoms with Crippen LogP contribution in [0.4, 0.5) is 4.79 Å². The molecule has 1 unspecified atom stereocenters. The largest absolute Gasteiger partial charge is 0.479 e. The molecular formula is C13H17NO5. The van der Waals surface area contributed by atoms with E-state index in [-0.39, 0.29) is 6.54 Å². The van der Waals surface area contributed by atoms with Crippen molar-refractivity contribution in [2.45, 2.75) is 38.8 Å². The zero-order chi connectivity index (χ0) is 14.2. The van der Waals surface area contributed by atoms with Crippen LogP contribution >= 0.6 is 0 Å². The van der Waals surface area contributed by atoms with E-state index in [9.17, 15) is 14.7 Å². The van der Waals surface area contributed by atoms with Crippen LogP contribution < -0.4 is 0 Å². The van der Waals surface area contributed by atoms with Crippen LogP contribution in [0.25, 0.3) is 0 Å². The van der Waals surface area contributed by atoms with Gasteiger partial charge in [-0.25, -0.2) is 9.59 Å². The van der Waals surface area contributed by atoms with Gasteiger partial charge in [0.05, 0.1) is 6.26 Å². The van der Waals surface area contributed by atoms with E-state index in [2.05, 4.69) is 0 Å². The van der Waals surface area contributed by atoms with Gasteiger partial charge in [-0.3, -0.25) is 4.90 Å². The number of hydrogen-bond donors (Lipinski definition) is 1.